The maximum Gasteiger partial charge on any atom is 0.359 e. The molecule has 16 heavy (non-hydrogen) atoms. The van der Waals surface area contributed by atoms with Gasteiger partial charge in [-0.3, -0.25) is 0 Å². The summed E-state index contributed by atoms with van der Waals surface area (Å²) in [6, 6.07) is 12.3. The van der Waals surface area contributed by atoms with Crippen molar-refractivity contribution in [1.29, 1.82) is 0 Å². The second kappa shape index (κ2) is 4.02. The Morgan fingerprint density at radius 3 is 2.38 bits per heavy atom. The number of hydrogen-bond donors (Lipinski definition) is 0. The summed E-state index contributed by atoms with van der Waals surface area (Å²) < 4.78 is 4.58. The predicted molar refractivity (Wildman–Crippen MR) is 54.6 cm³/mol. The molecule has 0 aliphatic rings. The molecule has 4 heteroatoms. The van der Waals surface area contributed by atoms with Gasteiger partial charge in [0.05, 0.1) is 0 Å². The van der Waals surface area contributed by atoms with Crippen LogP contribution in [0.1, 0.15) is 0 Å². The Morgan fingerprint density at radius 2 is 1.69 bits per heavy atom. The van der Waals surface area contributed by atoms with Gasteiger partial charge in [0.25, 0.3) is 0 Å². The van der Waals surface area contributed by atoms with Crippen molar-refractivity contribution in [3.63, 3.8) is 0 Å². The predicted octanol–water partition coefficient (Wildman–Crippen LogP) is 0.495. The molecule has 0 spiro atoms. The molecule has 0 radical (unpaired) electrons. The second-order valence-electron chi connectivity index (χ2n) is 3.19. The van der Waals surface area contributed by atoms with Gasteiger partial charge in [-0.1, -0.05) is 30.3 Å². The molecule has 0 amide bonds. The van der Waals surface area contributed by atoms with Crippen LogP contribution in [0.4, 0.5) is 0 Å². The Labute approximate surface area is 91.1 Å². The van der Waals surface area contributed by atoms with E-state index in [0.717, 1.165) is 10.8 Å². The molecular weight excluding hydrogens is 208 g/mol. The van der Waals surface area contributed by atoms with Crippen LogP contribution in [0.5, 0.6) is 5.75 Å². The highest BCUT2D eigenvalue weighted by Crippen LogP contribution is 2.20. The number of rotatable bonds is 1. The fraction of sp³-hybridized carbons (Fsp3) is 0. The SMILES string of the molecule is O=C([O-])C(=O)Oc1ccc2ccccc2c1. The Bertz CT molecular complexity index is 560. The molecule has 4 nitrogen and oxygen atoms in total. The number of esters is 1. The van der Waals surface area contributed by atoms with Crippen molar-refractivity contribution in [2.75, 3.05) is 0 Å². The zero-order valence-electron chi connectivity index (χ0n) is 8.17. The molecule has 0 aromatic heterocycles. The van der Waals surface area contributed by atoms with Crippen LogP contribution in [0, 0.1) is 0 Å². The zero-order chi connectivity index (χ0) is 11.5. The summed E-state index contributed by atoms with van der Waals surface area (Å²) in [5, 5.41) is 12.0. The van der Waals surface area contributed by atoms with Crippen LogP contribution in [0.25, 0.3) is 10.8 Å². The lowest BCUT2D eigenvalue weighted by atomic mass is 10.1. The van der Waals surface area contributed by atoms with Gasteiger partial charge in [0.1, 0.15) is 5.75 Å². The number of aliphatic carboxylic acids is 1. The lowest BCUT2D eigenvalue weighted by molar-refractivity contribution is -0.302. The van der Waals surface area contributed by atoms with Gasteiger partial charge >= 0.3 is 5.97 Å². The van der Waals surface area contributed by atoms with Crippen molar-refractivity contribution in [2.24, 2.45) is 0 Å². The van der Waals surface area contributed by atoms with Gasteiger partial charge in [0.2, 0.25) is 0 Å². The number of carbonyl (C=O) groups is 2. The molecule has 80 valence electrons. The maximum atomic E-state index is 10.8. The van der Waals surface area contributed by atoms with Gasteiger partial charge in [-0.05, 0) is 22.9 Å². The van der Waals surface area contributed by atoms with E-state index in [2.05, 4.69) is 4.74 Å². The highest BCUT2D eigenvalue weighted by Gasteiger charge is 2.05. The normalized spacial score (nSPS) is 10.0. The van der Waals surface area contributed by atoms with Crippen molar-refractivity contribution in [3.8, 4) is 5.75 Å². The smallest absolute Gasteiger partial charge is 0.359 e. The number of carboxylic acids is 1. The van der Waals surface area contributed by atoms with Gasteiger partial charge < -0.3 is 14.6 Å². The Kier molecular flexibility index (Phi) is 2.55. The number of carboxylic acid groups (broad SMARTS) is 1. The lowest BCUT2D eigenvalue weighted by Gasteiger charge is -2.05. The number of fused-ring (bicyclic) bond motifs is 1. The van der Waals surface area contributed by atoms with E-state index < -0.39 is 11.9 Å². The van der Waals surface area contributed by atoms with E-state index in [4.69, 9.17) is 0 Å². The Morgan fingerprint density at radius 1 is 1.00 bits per heavy atom. The van der Waals surface area contributed by atoms with Crippen LogP contribution in [0.3, 0.4) is 0 Å². The van der Waals surface area contributed by atoms with Crippen LogP contribution in [-0.2, 0) is 9.59 Å². The summed E-state index contributed by atoms with van der Waals surface area (Å²) in [4.78, 5) is 20.9. The first-order chi connectivity index (χ1) is 7.66. The Balaban J connectivity index is 2.33. The van der Waals surface area contributed by atoms with Crippen molar-refractivity contribution in [1.82, 2.24) is 0 Å². The summed E-state index contributed by atoms with van der Waals surface area (Å²) >= 11 is 0. The van der Waals surface area contributed by atoms with Crippen LogP contribution in [0.15, 0.2) is 42.5 Å². The van der Waals surface area contributed by atoms with Crippen molar-refractivity contribution in [2.45, 2.75) is 0 Å². The van der Waals surface area contributed by atoms with Crippen LogP contribution in [-0.4, -0.2) is 11.9 Å². The summed E-state index contributed by atoms with van der Waals surface area (Å²) in [7, 11) is 0. The minimum atomic E-state index is -1.85. The molecule has 0 fully saturated rings. The average Bonchev–Trinajstić information content (AvgIpc) is 2.28. The van der Waals surface area contributed by atoms with E-state index in [9.17, 15) is 14.7 Å². The third-order valence-corrected chi connectivity index (χ3v) is 2.10. The molecule has 2 rings (SSSR count). The molecule has 0 saturated heterocycles. The highest BCUT2D eigenvalue weighted by atomic mass is 16.6. The largest absolute Gasteiger partial charge is 0.539 e. The molecule has 0 atom stereocenters. The van der Waals surface area contributed by atoms with E-state index in [1.165, 1.54) is 6.07 Å². The standard InChI is InChI=1S/C12H8O4/c13-11(14)12(15)16-10-6-5-8-3-1-2-4-9(8)7-10/h1-7H,(H,13,14)/p-1. The molecule has 0 heterocycles. The quantitative estimate of drug-likeness (QED) is 0.394. The lowest BCUT2D eigenvalue weighted by Crippen LogP contribution is -2.34. The Hall–Kier alpha value is -2.36. The minimum absolute atomic E-state index is 0.188. The topological polar surface area (TPSA) is 66.4 Å². The molecule has 0 saturated carbocycles. The summed E-state index contributed by atoms with van der Waals surface area (Å²) in [5.74, 6) is -3.06. The third-order valence-electron chi connectivity index (χ3n) is 2.10. The van der Waals surface area contributed by atoms with Gasteiger partial charge in [0, 0.05) is 0 Å². The maximum absolute atomic E-state index is 10.8. The fourth-order valence-electron chi connectivity index (χ4n) is 1.38. The van der Waals surface area contributed by atoms with E-state index >= 15 is 0 Å². The van der Waals surface area contributed by atoms with Gasteiger partial charge in [-0.25, -0.2) is 4.79 Å². The summed E-state index contributed by atoms with van der Waals surface area (Å²) in [6.45, 7) is 0. The van der Waals surface area contributed by atoms with Gasteiger partial charge in [0.15, 0.2) is 5.97 Å². The van der Waals surface area contributed by atoms with E-state index in [1.807, 2.05) is 24.3 Å². The molecule has 0 N–H and O–H groups in total. The monoisotopic (exact) mass is 215 g/mol. The highest BCUT2D eigenvalue weighted by molar-refractivity contribution is 6.28. The first-order valence-corrected chi connectivity index (χ1v) is 4.59. The summed E-state index contributed by atoms with van der Waals surface area (Å²) in [6.07, 6.45) is 0. The molecule has 0 unspecified atom stereocenters. The van der Waals surface area contributed by atoms with E-state index in [0.29, 0.717) is 0 Å². The first-order valence-electron chi connectivity index (χ1n) is 4.59. The van der Waals surface area contributed by atoms with Crippen molar-refractivity contribution < 1.29 is 19.4 Å². The summed E-state index contributed by atoms with van der Waals surface area (Å²) in [5.41, 5.74) is 0. The molecule has 0 bridgehead atoms. The van der Waals surface area contributed by atoms with Crippen LogP contribution in [0.2, 0.25) is 0 Å². The van der Waals surface area contributed by atoms with Crippen LogP contribution < -0.4 is 9.84 Å². The van der Waals surface area contributed by atoms with Crippen LogP contribution >= 0.6 is 0 Å². The van der Waals surface area contributed by atoms with E-state index in [-0.39, 0.29) is 5.75 Å². The van der Waals surface area contributed by atoms with Crippen molar-refractivity contribution in [3.05, 3.63) is 42.5 Å². The molecular formula is C12H7O4-. The van der Waals surface area contributed by atoms with Gasteiger partial charge in [-0.2, -0.15) is 0 Å². The first kappa shape index (κ1) is 10.2. The fourth-order valence-corrected chi connectivity index (χ4v) is 1.38. The van der Waals surface area contributed by atoms with E-state index in [1.54, 1.807) is 12.1 Å². The molecule has 0 aliphatic carbocycles. The minimum Gasteiger partial charge on any atom is -0.539 e. The van der Waals surface area contributed by atoms with Crippen molar-refractivity contribution >= 4 is 22.7 Å². The van der Waals surface area contributed by atoms with Gasteiger partial charge in [-0.15, -0.1) is 0 Å². The molecule has 0 aliphatic heterocycles. The average molecular weight is 215 g/mol. The zero-order valence-corrected chi connectivity index (χ0v) is 8.17. The second-order valence-corrected chi connectivity index (χ2v) is 3.19. The number of hydrogen-bond acceptors (Lipinski definition) is 4. The number of ether oxygens (including phenoxy) is 1. The number of carbonyl (C=O) groups excluding carboxylic acids is 2. The third kappa shape index (κ3) is 2.00. The molecule has 2 aromatic rings. The molecule has 2 aromatic carbocycles. The number of benzene rings is 2.